The molecule has 0 aromatic carbocycles. The van der Waals surface area contributed by atoms with Gasteiger partial charge in [-0.05, 0) is 19.8 Å². The summed E-state index contributed by atoms with van der Waals surface area (Å²) in [5.74, 6) is 0. The SMILES string of the molecule is CCCCCCCCCCCC/C(C)=C/COP(=O)(O)OP(=O)(O)O. The van der Waals surface area contributed by atoms with E-state index in [0.29, 0.717) is 0 Å². The second-order valence-corrected chi connectivity index (χ2v) is 9.15. The summed E-state index contributed by atoms with van der Waals surface area (Å²) in [7, 11) is -9.78. The van der Waals surface area contributed by atoms with Crippen molar-refractivity contribution in [3.8, 4) is 0 Å². The molecule has 0 bridgehead atoms. The summed E-state index contributed by atoms with van der Waals surface area (Å²) in [6, 6.07) is 0. The van der Waals surface area contributed by atoms with Crippen molar-refractivity contribution in [1.82, 2.24) is 0 Å². The fraction of sp³-hybridized carbons (Fsp3) is 0.875. The Morgan fingerprint density at radius 3 is 1.84 bits per heavy atom. The summed E-state index contributed by atoms with van der Waals surface area (Å²) in [6.07, 6.45) is 15.1. The van der Waals surface area contributed by atoms with Crippen molar-refractivity contribution in [2.45, 2.75) is 84.5 Å². The molecule has 1 atom stereocenters. The van der Waals surface area contributed by atoms with Crippen LogP contribution in [0.3, 0.4) is 0 Å². The van der Waals surface area contributed by atoms with Gasteiger partial charge < -0.3 is 14.7 Å². The quantitative estimate of drug-likeness (QED) is 0.179. The lowest BCUT2D eigenvalue weighted by Gasteiger charge is -2.11. The summed E-state index contributed by atoms with van der Waals surface area (Å²) in [5.41, 5.74) is 1.01. The van der Waals surface area contributed by atoms with Gasteiger partial charge in [-0.15, -0.1) is 0 Å². The highest BCUT2D eigenvalue weighted by molar-refractivity contribution is 7.60. The Labute approximate surface area is 151 Å². The van der Waals surface area contributed by atoms with Gasteiger partial charge in [0.05, 0.1) is 6.61 Å². The van der Waals surface area contributed by atoms with Crippen molar-refractivity contribution in [3.05, 3.63) is 11.6 Å². The predicted octanol–water partition coefficient (Wildman–Crippen LogP) is 5.47. The molecule has 0 aliphatic carbocycles. The first-order valence-corrected chi connectivity index (χ1v) is 12.1. The van der Waals surface area contributed by atoms with Gasteiger partial charge in [0, 0.05) is 0 Å². The number of allylic oxidation sites excluding steroid dienone is 1. The number of rotatable bonds is 16. The Kier molecular flexibility index (Phi) is 14.1. The molecule has 0 aromatic rings. The van der Waals surface area contributed by atoms with Gasteiger partial charge in [0.1, 0.15) is 0 Å². The Hall–Kier alpha value is -0.0000000000000000416. The van der Waals surface area contributed by atoms with E-state index in [2.05, 4.69) is 15.8 Å². The molecule has 0 saturated carbocycles. The zero-order chi connectivity index (χ0) is 19.2. The molecule has 1 unspecified atom stereocenters. The number of unbranched alkanes of at least 4 members (excludes halogenated alkanes) is 9. The second kappa shape index (κ2) is 14.1. The van der Waals surface area contributed by atoms with Crippen LogP contribution in [0.2, 0.25) is 0 Å². The first-order valence-electron chi connectivity index (χ1n) is 9.06. The Morgan fingerprint density at radius 1 is 0.880 bits per heavy atom. The molecule has 3 N–H and O–H groups in total. The third kappa shape index (κ3) is 18.6. The third-order valence-corrected chi connectivity index (χ3v) is 5.96. The van der Waals surface area contributed by atoms with Crippen LogP contribution in [0.4, 0.5) is 0 Å². The normalized spacial score (nSPS) is 15.3. The van der Waals surface area contributed by atoms with Crippen LogP contribution >= 0.6 is 15.6 Å². The van der Waals surface area contributed by atoms with Crippen molar-refractivity contribution >= 4 is 15.6 Å². The maximum Gasteiger partial charge on any atom is 0.481 e. The number of phosphoric acid groups is 2. The van der Waals surface area contributed by atoms with Crippen molar-refractivity contribution in [2.75, 3.05) is 6.61 Å². The molecule has 150 valence electrons. The predicted molar refractivity (Wildman–Crippen MR) is 99.1 cm³/mol. The van der Waals surface area contributed by atoms with E-state index < -0.39 is 15.6 Å². The zero-order valence-electron chi connectivity index (χ0n) is 15.4. The van der Waals surface area contributed by atoms with Crippen LogP contribution in [-0.2, 0) is 18.0 Å². The first-order chi connectivity index (χ1) is 11.7. The van der Waals surface area contributed by atoms with E-state index in [-0.39, 0.29) is 6.61 Å². The Bertz CT molecular complexity index is 459. The van der Waals surface area contributed by atoms with E-state index >= 15 is 0 Å². The van der Waals surface area contributed by atoms with E-state index in [1.807, 2.05) is 6.92 Å². The fourth-order valence-corrected chi connectivity index (χ4v) is 3.95. The van der Waals surface area contributed by atoms with Gasteiger partial charge in [-0.2, -0.15) is 4.31 Å². The maximum atomic E-state index is 11.2. The molecule has 0 aromatic heterocycles. The lowest BCUT2D eigenvalue weighted by Crippen LogP contribution is -1.94. The maximum absolute atomic E-state index is 11.2. The molecule has 0 amide bonds. The van der Waals surface area contributed by atoms with E-state index in [9.17, 15) is 9.13 Å². The summed E-state index contributed by atoms with van der Waals surface area (Å²) in [5, 5.41) is 0. The van der Waals surface area contributed by atoms with E-state index in [0.717, 1.165) is 24.8 Å². The summed E-state index contributed by atoms with van der Waals surface area (Å²) in [4.78, 5) is 26.1. The molecule has 0 saturated heterocycles. The summed E-state index contributed by atoms with van der Waals surface area (Å²) < 4.78 is 29.9. The lowest BCUT2D eigenvalue weighted by molar-refractivity contribution is 0.191. The van der Waals surface area contributed by atoms with Crippen LogP contribution in [0.25, 0.3) is 0 Å². The Balaban J connectivity index is 3.66. The molecule has 9 heteroatoms. The van der Waals surface area contributed by atoms with Crippen molar-refractivity contribution in [2.24, 2.45) is 0 Å². The minimum atomic E-state index is -5.05. The fourth-order valence-electron chi connectivity index (χ4n) is 2.43. The number of hydrogen-bond acceptors (Lipinski definition) is 4. The zero-order valence-corrected chi connectivity index (χ0v) is 17.2. The highest BCUT2D eigenvalue weighted by Crippen LogP contribution is 2.57. The van der Waals surface area contributed by atoms with Crippen LogP contribution in [0.15, 0.2) is 11.6 Å². The van der Waals surface area contributed by atoms with Gasteiger partial charge in [-0.1, -0.05) is 76.4 Å². The number of phosphoric ester groups is 1. The molecular formula is C16H34O7P2. The highest BCUT2D eigenvalue weighted by atomic mass is 31.3. The minimum Gasteiger partial charge on any atom is -0.302 e. The van der Waals surface area contributed by atoms with Gasteiger partial charge in [0.15, 0.2) is 0 Å². The van der Waals surface area contributed by atoms with Crippen LogP contribution in [0.5, 0.6) is 0 Å². The van der Waals surface area contributed by atoms with Crippen molar-refractivity contribution in [3.63, 3.8) is 0 Å². The van der Waals surface area contributed by atoms with Gasteiger partial charge in [0.2, 0.25) is 0 Å². The smallest absolute Gasteiger partial charge is 0.302 e. The molecule has 0 aliphatic heterocycles. The van der Waals surface area contributed by atoms with E-state index in [1.54, 1.807) is 6.08 Å². The van der Waals surface area contributed by atoms with Crippen LogP contribution < -0.4 is 0 Å². The standard InChI is InChI=1S/C16H34O7P2/c1-3-4-5-6-7-8-9-10-11-12-13-16(2)14-15-22-25(20,21)23-24(17,18)19/h14H,3-13,15H2,1-2H3,(H,20,21)(H2,17,18,19)/b16-14+. The molecule has 0 fully saturated rings. The lowest BCUT2D eigenvalue weighted by atomic mass is 10.0. The van der Waals surface area contributed by atoms with Crippen LogP contribution in [0.1, 0.15) is 84.5 Å². The monoisotopic (exact) mass is 400 g/mol. The molecule has 25 heavy (non-hydrogen) atoms. The van der Waals surface area contributed by atoms with Gasteiger partial charge in [-0.25, -0.2) is 9.13 Å². The molecule has 7 nitrogen and oxygen atoms in total. The second-order valence-electron chi connectivity index (χ2n) is 6.32. The highest BCUT2D eigenvalue weighted by Gasteiger charge is 2.31. The van der Waals surface area contributed by atoms with Gasteiger partial charge in [0.25, 0.3) is 0 Å². The van der Waals surface area contributed by atoms with Gasteiger partial charge in [-0.3, -0.25) is 4.52 Å². The average Bonchev–Trinajstić information content (AvgIpc) is 2.46. The van der Waals surface area contributed by atoms with Gasteiger partial charge >= 0.3 is 15.6 Å². The molecule has 0 radical (unpaired) electrons. The van der Waals surface area contributed by atoms with E-state index in [4.69, 9.17) is 14.7 Å². The topological polar surface area (TPSA) is 113 Å². The van der Waals surface area contributed by atoms with E-state index in [1.165, 1.54) is 51.4 Å². The van der Waals surface area contributed by atoms with Crippen molar-refractivity contribution < 1.29 is 32.6 Å². The Morgan fingerprint density at radius 2 is 1.36 bits per heavy atom. The molecule has 0 heterocycles. The molecule has 0 spiro atoms. The summed E-state index contributed by atoms with van der Waals surface area (Å²) in [6.45, 7) is 3.89. The number of hydrogen-bond donors (Lipinski definition) is 3. The molecule has 0 aliphatic rings. The molecular weight excluding hydrogens is 366 g/mol. The van der Waals surface area contributed by atoms with Crippen LogP contribution in [0, 0.1) is 0 Å². The van der Waals surface area contributed by atoms with Crippen LogP contribution in [-0.4, -0.2) is 21.3 Å². The van der Waals surface area contributed by atoms with Crippen molar-refractivity contribution in [1.29, 1.82) is 0 Å². The molecule has 0 rings (SSSR count). The minimum absolute atomic E-state index is 0.225. The average molecular weight is 400 g/mol. The third-order valence-electron chi connectivity index (χ3n) is 3.80. The largest absolute Gasteiger partial charge is 0.481 e. The first kappa shape index (κ1) is 25.0. The summed E-state index contributed by atoms with van der Waals surface area (Å²) >= 11 is 0.